The fourth-order valence-electron chi connectivity index (χ4n) is 3.65. The number of para-hydroxylation sites is 1. The summed E-state index contributed by atoms with van der Waals surface area (Å²) in [5, 5.41) is 5.88. The number of likely N-dealkylation sites (tertiary alicyclic amines) is 1. The zero-order valence-corrected chi connectivity index (χ0v) is 14.1. The fraction of sp³-hybridized carbons (Fsp3) is 0.350. The number of hydrogen-bond donors (Lipinski definition) is 0. The van der Waals surface area contributed by atoms with Crippen molar-refractivity contribution in [3.8, 4) is 5.75 Å². The number of ether oxygens (including phenoxy) is 1. The minimum absolute atomic E-state index is 0.455. The van der Waals surface area contributed by atoms with Gasteiger partial charge in [-0.2, -0.15) is 5.10 Å². The molecule has 2 aromatic carbocycles. The van der Waals surface area contributed by atoms with Crippen molar-refractivity contribution in [3.05, 3.63) is 60.3 Å². The van der Waals surface area contributed by atoms with Gasteiger partial charge >= 0.3 is 0 Å². The van der Waals surface area contributed by atoms with E-state index in [0.29, 0.717) is 6.04 Å². The molecule has 24 heavy (non-hydrogen) atoms. The van der Waals surface area contributed by atoms with Crippen molar-refractivity contribution >= 4 is 10.9 Å². The van der Waals surface area contributed by atoms with Crippen LogP contribution in [0.5, 0.6) is 5.75 Å². The van der Waals surface area contributed by atoms with E-state index in [1.807, 2.05) is 18.3 Å². The van der Waals surface area contributed by atoms with Crippen molar-refractivity contribution in [1.82, 2.24) is 14.7 Å². The van der Waals surface area contributed by atoms with Gasteiger partial charge in [-0.25, -0.2) is 0 Å². The van der Waals surface area contributed by atoms with E-state index in [1.54, 1.807) is 7.11 Å². The van der Waals surface area contributed by atoms with Crippen molar-refractivity contribution in [2.45, 2.75) is 25.4 Å². The van der Waals surface area contributed by atoms with Crippen molar-refractivity contribution in [3.63, 3.8) is 0 Å². The normalized spacial score (nSPS) is 18.8. The Morgan fingerprint density at radius 2 is 1.96 bits per heavy atom. The lowest BCUT2D eigenvalue weighted by Gasteiger charge is -2.33. The lowest BCUT2D eigenvalue weighted by Crippen LogP contribution is -2.36. The van der Waals surface area contributed by atoms with Gasteiger partial charge in [0.05, 0.1) is 24.9 Å². The molecule has 1 fully saturated rings. The maximum atomic E-state index is 5.24. The monoisotopic (exact) mass is 321 g/mol. The average molecular weight is 321 g/mol. The van der Waals surface area contributed by atoms with E-state index >= 15 is 0 Å². The first kappa shape index (κ1) is 15.2. The van der Waals surface area contributed by atoms with Gasteiger partial charge in [0.25, 0.3) is 0 Å². The number of methoxy groups -OCH3 is 1. The molecule has 1 aromatic heterocycles. The SMILES string of the molecule is COc1ccc(CN2CCC[C@H](n3ncc4ccccc43)C2)cc1. The Hall–Kier alpha value is -2.33. The summed E-state index contributed by atoms with van der Waals surface area (Å²) in [6, 6.07) is 17.3. The first-order valence-corrected chi connectivity index (χ1v) is 8.61. The smallest absolute Gasteiger partial charge is 0.118 e. The van der Waals surface area contributed by atoms with E-state index in [1.165, 1.54) is 29.3 Å². The van der Waals surface area contributed by atoms with E-state index in [0.717, 1.165) is 25.4 Å². The van der Waals surface area contributed by atoms with Gasteiger partial charge in [-0.3, -0.25) is 9.58 Å². The van der Waals surface area contributed by atoms with Crippen molar-refractivity contribution in [1.29, 1.82) is 0 Å². The molecule has 3 aromatic rings. The summed E-state index contributed by atoms with van der Waals surface area (Å²) in [5.41, 5.74) is 2.58. The Morgan fingerprint density at radius 1 is 1.12 bits per heavy atom. The van der Waals surface area contributed by atoms with Crippen LogP contribution in [0.1, 0.15) is 24.4 Å². The molecule has 0 bridgehead atoms. The Balaban J connectivity index is 1.49. The minimum atomic E-state index is 0.455. The number of nitrogens with zero attached hydrogens (tertiary/aromatic N) is 3. The molecule has 0 saturated carbocycles. The second-order valence-corrected chi connectivity index (χ2v) is 6.53. The van der Waals surface area contributed by atoms with Crippen LogP contribution >= 0.6 is 0 Å². The van der Waals surface area contributed by atoms with Gasteiger partial charge in [0.15, 0.2) is 0 Å². The zero-order valence-electron chi connectivity index (χ0n) is 14.1. The van der Waals surface area contributed by atoms with Crippen LogP contribution in [0.25, 0.3) is 10.9 Å². The third kappa shape index (κ3) is 3.02. The minimum Gasteiger partial charge on any atom is -0.497 e. The Morgan fingerprint density at radius 3 is 2.79 bits per heavy atom. The predicted octanol–water partition coefficient (Wildman–Crippen LogP) is 3.88. The van der Waals surface area contributed by atoms with Crippen LogP contribution < -0.4 is 4.74 Å². The maximum Gasteiger partial charge on any atom is 0.118 e. The highest BCUT2D eigenvalue weighted by Gasteiger charge is 2.23. The van der Waals surface area contributed by atoms with Crippen LogP contribution in [0.2, 0.25) is 0 Å². The molecule has 2 heterocycles. The topological polar surface area (TPSA) is 30.3 Å². The van der Waals surface area contributed by atoms with Gasteiger partial charge in [0.1, 0.15) is 5.75 Å². The molecule has 0 spiro atoms. The van der Waals surface area contributed by atoms with Crippen LogP contribution in [-0.4, -0.2) is 34.9 Å². The molecule has 1 atom stereocenters. The molecule has 1 aliphatic rings. The summed E-state index contributed by atoms with van der Waals surface area (Å²) >= 11 is 0. The Labute approximate surface area is 142 Å². The van der Waals surface area contributed by atoms with Crippen molar-refractivity contribution in [2.24, 2.45) is 0 Å². The summed E-state index contributed by atoms with van der Waals surface area (Å²) in [4.78, 5) is 2.53. The van der Waals surface area contributed by atoms with E-state index in [-0.39, 0.29) is 0 Å². The van der Waals surface area contributed by atoms with Crippen LogP contribution in [-0.2, 0) is 6.54 Å². The zero-order chi connectivity index (χ0) is 16.4. The number of benzene rings is 2. The average Bonchev–Trinajstić information content (AvgIpc) is 3.07. The van der Waals surface area contributed by atoms with E-state index in [2.05, 4.69) is 51.1 Å². The molecule has 0 amide bonds. The van der Waals surface area contributed by atoms with Crippen molar-refractivity contribution in [2.75, 3.05) is 20.2 Å². The largest absolute Gasteiger partial charge is 0.497 e. The molecule has 4 heteroatoms. The summed E-state index contributed by atoms with van der Waals surface area (Å²) in [6.07, 6.45) is 4.40. The van der Waals surface area contributed by atoms with Crippen molar-refractivity contribution < 1.29 is 4.74 Å². The van der Waals surface area contributed by atoms with Gasteiger partial charge in [0.2, 0.25) is 0 Å². The van der Waals surface area contributed by atoms with Crippen LogP contribution in [0.4, 0.5) is 0 Å². The highest BCUT2D eigenvalue weighted by atomic mass is 16.5. The lowest BCUT2D eigenvalue weighted by atomic mass is 10.0. The highest BCUT2D eigenvalue weighted by Crippen LogP contribution is 2.26. The number of fused-ring (bicyclic) bond motifs is 1. The molecule has 0 aliphatic carbocycles. The first-order valence-electron chi connectivity index (χ1n) is 8.61. The summed E-state index contributed by atoms with van der Waals surface area (Å²) < 4.78 is 7.46. The van der Waals surface area contributed by atoms with Gasteiger partial charge < -0.3 is 4.74 Å². The first-order chi connectivity index (χ1) is 11.8. The molecule has 1 saturated heterocycles. The summed E-state index contributed by atoms with van der Waals surface area (Å²) in [5.74, 6) is 0.915. The second kappa shape index (κ2) is 6.65. The molecule has 1 aliphatic heterocycles. The quantitative estimate of drug-likeness (QED) is 0.730. The summed E-state index contributed by atoms with van der Waals surface area (Å²) in [6.45, 7) is 3.19. The fourth-order valence-corrected chi connectivity index (χ4v) is 3.65. The van der Waals surface area contributed by atoms with Crippen LogP contribution in [0.15, 0.2) is 54.7 Å². The third-order valence-corrected chi connectivity index (χ3v) is 4.90. The Kier molecular flexibility index (Phi) is 4.22. The van der Waals surface area contributed by atoms with E-state index in [4.69, 9.17) is 4.74 Å². The summed E-state index contributed by atoms with van der Waals surface area (Å²) in [7, 11) is 1.71. The lowest BCUT2D eigenvalue weighted by molar-refractivity contribution is 0.165. The highest BCUT2D eigenvalue weighted by molar-refractivity contribution is 5.78. The molecular formula is C20H23N3O. The van der Waals surface area contributed by atoms with Gasteiger partial charge in [-0.05, 0) is 43.1 Å². The van der Waals surface area contributed by atoms with E-state index < -0.39 is 0 Å². The number of piperidine rings is 1. The van der Waals surface area contributed by atoms with E-state index in [9.17, 15) is 0 Å². The van der Waals surface area contributed by atoms with Gasteiger partial charge in [0, 0.05) is 18.5 Å². The second-order valence-electron chi connectivity index (χ2n) is 6.53. The number of hydrogen-bond acceptors (Lipinski definition) is 3. The van der Waals surface area contributed by atoms with Gasteiger partial charge in [-0.1, -0.05) is 30.3 Å². The van der Waals surface area contributed by atoms with Crippen LogP contribution in [0.3, 0.4) is 0 Å². The number of rotatable bonds is 4. The third-order valence-electron chi connectivity index (χ3n) is 4.90. The molecule has 124 valence electrons. The molecular weight excluding hydrogens is 298 g/mol. The molecule has 4 rings (SSSR count). The predicted molar refractivity (Wildman–Crippen MR) is 96.3 cm³/mol. The standard InChI is InChI=1S/C20H23N3O/c1-24-19-10-8-16(9-11-19)14-22-12-4-6-18(15-22)23-20-7-3-2-5-17(20)13-21-23/h2-3,5,7-11,13,18H,4,6,12,14-15H2,1H3/t18-/m0/s1. The molecule has 0 radical (unpaired) electrons. The van der Waals surface area contributed by atoms with Crippen LogP contribution in [0, 0.1) is 0 Å². The maximum absolute atomic E-state index is 5.24. The molecule has 0 unspecified atom stereocenters. The Bertz CT molecular complexity index is 809. The molecule has 4 nitrogen and oxygen atoms in total. The number of aromatic nitrogens is 2. The van der Waals surface area contributed by atoms with Gasteiger partial charge in [-0.15, -0.1) is 0 Å². The molecule has 0 N–H and O–H groups in total.